The zero-order valence-electron chi connectivity index (χ0n) is 10.6. The van der Waals surface area contributed by atoms with E-state index < -0.39 is 11.5 Å². The van der Waals surface area contributed by atoms with E-state index in [0.717, 1.165) is 11.6 Å². The third-order valence-electron chi connectivity index (χ3n) is 2.38. The molecule has 1 heterocycles. The van der Waals surface area contributed by atoms with Gasteiger partial charge in [-0.15, -0.1) is 0 Å². The number of carboxylic acids is 1. The molecule has 0 aliphatic carbocycles. The number of furan rings is 1. The number of carbonyl (C=O) groups is 1. The van der Waals surface area contributed by atoms with Gasteiger partial charge in [0.05, 0.1) is 11.5 Å². The van der Waals surface area contributed by atoms with Crippen molar-refractivity contribution in [1.29, 1.82) is 5.26 Å². The van der Waals surface area contributed by atoms with Gasteiger partial charge in [-0.25, -0.2) is 0 Å². The predicted octanol–water partition coefficient (Wildman–Crippen LogP) is 2.63. The van der Waals surface area contributed by atoms with Crippen molar-refractivity contribution < 1.29 is 14.3 Å². The summed E-state index contributed by atoms with van der Waals surface area (Å²) in [6, 6.07) is 11.8. The van der Waals surface area contributed by atoms with Crippen LogP contribution in [0.5, 0.6) is 0 Å². The molecule has 0 bridgehead atoms. The Hall–Kier alpha value is -2.55. The van der Waals surface area contributed by atoms with Crippen molar-refractivity contribution >= 4 is 23.6 Å². The Morgan fingerprint density at radius 1 is 1.25 bits per heavy atom. The van der Waals surface area contributed by atoms with Gasteiger partial charge in [0, 0.05) is 16.7 Å². The molecule has 2 aromatic rings. The average molecular weight is 291 g/mol. The van der Waals surface area contributed by atoms with Gasteiger partial charge in [0.25, 0.3) is 0 Å². The van der Waals surface area contributed by atoms with Gasteiger partial charge in [0.1, 0.15) is 17.6 Å². The number of hydrogen-bond acceptors (Lipinski definition) is 4. The Kier molecular flexibility index (Phi) is 5.09. The first-order chi connectivity index (χ1) is 9.10. The Labute approximate surface area is 120 Å². The van der Waals surface area contributed by atoms with Gasteiger partial charge in [0.15, 0.2) is 0 Å². The molecule has 1 aromatic carbocycles. The molecule has 0 atom stereocenters. The number of quaternary nitrogens is 1. The van der Waals surface area contributed by atoms with E-state index in [1.165, 1.54) is 6.07 Å². The molecule has 2 rings (SSSR count). The highest BCUT2D eigenvalue weighted by atomic mass is 35.5. The zero-order chi connectivity index (χ0) is 13.8. The lowest BCUT2D eigenvalue weighted by Gasteiger charge is -1.98. The summed E-state index contributed by atoms with van der Waals surface area (Å²) in [7, 11) is 0. The maximum Gasteiger partial charge on any atom is 0.134 e. The lowest BCUT2D eigenvalue weighted by atomic mass is 10.2. The molecule has 0 amide bonds. The lowest BCUT2D eigenvalue weighted by Crippen LogP contribution is -2.23. The molecule has 0 fully saturated rings. The number of halogens is 1. The molecule has 0 radical (unpaired) electrons. The fraction of sp³-hybridized carbons (Fsp3) is 0. The molecular weight excluding hydrogens is 280 g/mol. The lowest BCUT2D eigenvalue weighted by molar-refractivity contribution is -0.298. The Morgan fingerprint density at radius 3 is 2.45 bits per heavy atom. The van der Waals surface area contributed by atoms with E-state index in [0.29, 0.717) is 10.8 Å². The molecule has 4 N–H and O–H groups in total. The Balaban J connectivity index is 0.00000200. The molecule has 20 heavy (non-hydrogen) atoms. The summed E-state index contributed by atoms with van der Waals surface area (Å²) in [5, 5.41) is 19.8. The maximum absolute atomic E-state index is 10.6. The van der Waals surface area contributed by atoms with E-state index in [1.54, 1.807) is 36.4 Å². The van der Waals surface area contributed by atoms with Gasteiger partial charge in [0.2, 0.25) is 0 Å². The number of aliphatic carboxylic acids is 1. The van der Waals surface area contributed by atoms with E-state index in [-0.39, 0.29) is 11.9 Å². The van der Waals surface area contributed by atoms with Crippen LogP contribution in [0.4, 0.5) is 0 Å². The van der Waals surface area contributed by atoms with Crippen molar-refractivity contribution in [2.75, 3.05) is 0 Å². The third-order valence-corrected chi connectivity index (χ3v) is 2.63. The second-order valence-corrected chi connectivity index (χ2v) is 4.10. The zero-order valence-corrected chi connectivity index (χ0v) is 11.3. The van der Waals surface area contributed by atoms with E-state index in [4.69, 9.17) is 21.3 Å². The van der Waals surface area contributed by atoms with E-state index in [1.807, 2.05) is 0 Å². The molecular formula is C14H11ClN2O3. The van der Waals surface area contributed by atoms with Crippen molar-refractivity contribution in [2.45, 2.75) is 0 Å². The largest absolute Gasteiger partial charge is 0.544 e. The molecule has 0 saturated carbocycles. The Morgan fingerprint density at radius 2 is 1.90 bits per heavy atom. The van der Waals surface area contributed by atoms with Crippen molar-refractivity contribution in [3.8, 4) is 17.4 Å². The minimum absolute atomic E-state index is 0. The predicted molar refractivity (Wildman–Crippen MR) is 73.7 cm³/mol. The molecule has 0 spiro atoms. The van der Waals surface area contributed by atoms with Crippen LogP contribution in [0.3, 0.4) is 0 Å². The molecule has 6 heteroatoms. The summed E-state index contributed by atoms with van der Waals surface area (Å²) >= 11 is 5.78. The molecule has 0 unspecified atom stereocenters. The highest BCUT2D eigenvalue weighted by Crippen LogP contribution is 2.24. The van der Waals surface area contributed by atoms with Crippen LogP contribution in [0.15, 0.2) is 46.4 Å². The van der Waals surface area contributed by atoms with E-state index >= 15 is 0 Å². The molecule has 0 saturated heterocycles. The van der Waals surface area contributed by atoms with Crippen molar-refractivity contribution in [3.05, 3.63) is 52.8 Å². The van der Waals surface area contributed by atoms with Crippen LogP contribution in [0.25, 0.3) is 17.4 Å². The van der Waals surface area contributed by atoms with Crippen LogP contribution >= 0.6 is 11.6 Å². The van der Waals surface area contributed by atoms with Crippen LogP contribution in [-0.2, 0) is 4.79 Å². The number of carbonyl (C=O) groups excluding carboxylic acids is 1. The number of rotatable bonds is 3. The summed E-state index contributed by atoms with van der Waals surface area (Å²) in [6.07, 6.45) is 1.12. The van der Waals surface area contributed by atoms with Crippen molar-refractivity contribution in [1.82, 2.24) is 6.15 Å². The standard InChI is InChI=1S/C14H8ClNO3.H3N/c15-11-3-1-9(2-4-11)13-6-5-12(19-13)7-10(8-16)14(17)18;/h1-7H,(H,17,18);1H3. The van der Waals surface area contributed by atoms with Crippen LogP contribution < -0.4 is 11.3 Å². The van der Waals surface area contributed by atoms with Crippen LogP contribution in [0, 0.1) is 11.3 Å². The summed E-state index contributed by atoms with van der Waals surface area (Å²) in [4.78, 5) is 10.6. The van der Waals surface area contributed by atoms with Crippen LogP contribution in [0.2, 0.25) is 5.02 Å². The minimum atomic E-state index is -1.54. The summed E-state index contributed by atoms with van der Waals surface area (Å²) < 4.78 is 5.43. The van der Waals surface area contributed by atoms with Gasteiger partial charge in [-0.3, -0.25) is 0 Å². The summed E-state index contributed by atoms with van der Waals surface area (Å²) in [6.45, 7) is 0. The molecule has 5 nitrogen and oxygen atoms in total. The topological polar surface area (TPSA) is 114 Å². The van der Waals surface area contributed by atoms with Gasteiger partial charge in [-0.1, -0.05) is 11.6 Å². The first-order valence-electron chi connectivity index (χ1n) is 5.29. The smallest absolute Gasteiger partial charge is 0.134 e. The monoisotopic (exact) mass is 290 g/mol. The van der Waals surface area contributed by atoms with Crippen LogP contribution in [0.1, 0.15) is 5.76 Å². The molecule has 102 valence electrons. The van der Waals surface area contributed by atoms with Gasteiger partial charge in [-0.05, 0) is 36.4 Å². The number of nitriles is 1. The Bertz CT molecular complexity index is 681. The van der Waals surface area contributed by atoms with E-state index in [2.05, 4.69) is 0 Å². The number of benzene rings is 1. The first-order valence-corrected chi connectivity index (χ1v) is 5.67. The van der Waals surface area contributed by atoms with Gasteiger partial charge in [-0.2, -0.15) is 5.26 Å². The maximum atomic E-state index is 10.6. The molecule has 0 aliphatic heterocycles. The molecule has 0 aliphatic rings. The first kappa shape index (κ1) is 15.5. The van der Waals surface area contributed by atoms with Gasteiger partial charge >= 0.3 is 0 Å². The summed E-state index contributed by atoms with van der Waals surface area (Å²) in [5.41, 5.74) is 0.313. The quantitative estimate of drug-likeness (QED) is 0.691. The normalized spacial score (nSPS) is 10.5. The number of hydrogen-bond donors (Lipinski definition) is 1. The second kappa shape index (κ2) is 6.57. The van der Waals surface area contributed by atoms with Crippen molar-refractivity contribution in [3.63, 3.8) is 0 Å². The summed E-state index contributed by atoms with van der Waals surface area (Å²) in [5.74, 6) is -0.712. The SMILES string of the molecule is N#CC(=Cc1ccc(-c2ccc(Cl)cc2)o1)C(=O)[O-].[NH4+]. The molecule has 1 aromatic heterocycles. The fourth-order valence-electron chi connectivity index (χ4n) is 1.48. The average Bonchev–Trinajstić information content (AvgIpc) is 2.85. The number of nitrogens with zero attached hydrogens (tertiary/aromatic N) is 1. The van der Waals surface area contributed by atoms with Gasteiger partial charge < -0.3 is 20.5 Å². The highest BCUT2D eigenvalue weighted by Gasteiger charge is 2.05. The highest BCUT2D eigenvalue weighted by molar-refractivity contribution is 6.30. The fourth-order valence-corrected chi connectivity index (χ4v) is 1.60. The van der Waals surface area contributed by atoms with E-state index in [9.17, 15) is 9.90 Å². The third kappa shape index (κ3) is 3.48. The van der Waals surface area contributed by atoms with Crippen LogP contribution in [-0.4, -0.2) is 5.97 Å². The van der Waals surface area contributed by atoms with Crippen molar-refractivity contribution in [2.24, 2.45) is 0 Å². The second-order valence-electron chi connectivity index (χ2n) is 3.67. The number of carboxylic acid groups (broad SMARTS) is 1. The minimum Gasteiger partial charge on any atom is -0.544 e.